The number of carbonyl (C=O) groups is 1. The number of carbonyl (C=O) groups excluding carboxylic acids is 1. The lowest BCUT2D eigenvalue weighted by Gasteiger charge is -2.31. The molecule has 0 atom stereocenters. The van der Waals surface area contributed by atoms with Gasteiger partial charge in [0.1, 0.15) is 0 Å². The van der Waals surface area contributed by atoms with Gasteiger partial charge in [-0.15, -0.1) is 0 Å². The zero-order valence-electron chi connectivity index (χ0n) is 21.1. The van der Waals surface area contributed by atoms with Gasteiger partial charge in [-0.2, -0.15) is 9.49 Å². The summed E-state index contributed by atoms with van der Waals surface area (Å²) in [6.07, 6.45) is 6.75. The van der Waals surface area contributed by atoms with Gasteiger partial charge >= 0.3 is 0 Å². The van der Waals surface area contributed by atoms with E-state index in [2.05, 4.69) is 22.3 Å². The van der Waals surface area contributed by atoms with Crippen molar-refractivity contribution >= 4 is 33.9 Å². The second kappa shape index (κ2) is 11.7. The van der Waals surface area contributed by atoms with E-state index >= 15 is 0 Å². The monoisotopic (exact) mass is 510 g/mol. The molecule has 0 bridgehead atoms. The van der Waals surface area contributed by atoms with E-state index in [0.29, 0.717) is 16.8 Å². The first kappa shape index (κ1) is 25.8. The van der Waals surface area contributed by atoms with Gasteiger partial charge in [0.2, 0.25) is 5.95 Å². The van der Waals surface area contributed by atoms with Gasteiger partial charge in [-0.25, -0.2) is 0 Å². The molecule has 5 rings (SSSR count). The summed E-state index contributed by atoms with van der Waals surface area (Å²) in [4.78, 5) is 12.2. The number of rotatable bonds is 10. The number of hydrogen-bond acceptors (Lipinski definition) is 4. The van der Waals surface area contributed by atoms with Crippen molar-refractivity contribution in [1.29, 1.82) is 0 Å². The molecule has 3 aromatic carbocycles. The van der Waals surface area contributed by atoms with Gasteiger partial charge in [0.05, 0.1) is 10.9 Å². The smallest absolute Gasteiger partial charge is 0.216 e. The molecule has 1 aliphatic rings. The van der Waals surface area contributed by atoms with Crippen LogP contribution in [0.25, 0.3) is 28.1 Å². The fourth-order valence-corrected chi connectivity index (χ4v) is 5.00. The summed E-state index contributed by atoms with van der Waals surface area (Å²) in [5.74, 6) is -0.613. The summed E-state index contributed by atoms with van der Waals surface area (Å²) >= 11 is 0. The number of allylic oxidation sites excluding steroid dienone is 2. The van der Waals surface area contributed by atoms with Crippen molar-refractivity contribution in [3.63, 3.8) is 0 Å². The highest BCUT2D eigenvalue weighted by molar-refractivity contribution is 6.01. The van der Waals surface area contributed by atoms with E-state index in [4.69, 9.17) is 0 Å². The summed E-state index contributed by atoms with van der Waals surface area (Å²) in [5, 5.41) is 25.4. The standard InChI is InChI=1S/C32H31FN2O3/c33-32-28-18-26(14-16-29(28)34-35-32)31(30(24-7-4-8-24)23-5-2-1-3-6-23)25-12-9-21(10-13-25)11-15-27(38)17-22(19-36)20-37/h1-3,5-6,9-16,18,22,24,36-37H,4,7-8,17,19-20H2,(H,34,35)/b15-11+,31-30-. The predicted octanol–water partition coefficient (Wildman–Crippen LogP) is 6.03. The molecular formula is C32H31FN2O3. The van der Waals surface area contributed by atoms with E-state index in [9.17, 15) is 19.4 Å². The summed E-state index contributed by atoms with van der Waals surface area (Å²) in [7, 11) is 0. The number of aliphatic hydroxyl groups excluding tert-OH is 2. The molecular weight excluding hydrogens is 479 g/mol. The Labute approximate surface area is 221 Å². The van der Waals surface area contributed by atoms with Crippen LogP contribution in [0.4, 0.5) is 4.39 Å². The molecule has 1 saturated carbocycles. The molecule has 1 heterocycles. The van der Waals surface area contributed by atoms with E-state index in [1.54, 1.807) is 6.08 Å². The summed E-state index contributed by atoms with van der Waals surface area (Å²) in [6.45, 7) is -0.446. The van der Waals surface area contributed by atoms with E-state index in [1.807, 2.05) is 60.7 Å². The first-order valence-corrected chi connectivity index (χ1v) is 13.0. The molecule has 6 heteroatoms. The van der Waals surface area contributed by atoms with Crippen molar-refractivity contribution in [2.75, 3.05) is 13.2 Å². The Morgan fingerprint density at radius 3 is 2.34 bits per heavy atom. The second-order valence-corrected chi connectivity index (χ2v) is 9.91. The van der Waals surface area contributed by atoms with Gasteiger partial charge in [-0.05, 0) is 70.4 Å². The van der Waals surface area contributed by atoms with Gasteiger partial charge in [-0.3, -0.25) is 9.89 Å². The Kier molecular flexibility index (Phi) is 7.91. The first-order valence-electron chi connectivity index (χ1n) is 13.0. The highest BCUT2D eigenvalue weighted by atomic mass is 19.1. The highest BCUT2D eigenvalue weighted by Crippen LogP contribution is 2.45. The van der Waals surface area contributed by atoms with E-state index < -0.39 is 11.9 Å². The molecule has 3 N–H and O–H groups in total. The van der Waals surface area contributed by atoms with Crippen molar-refractivity contribution < 1.29 is 19.4 Å². The molecule has 0 radical (unpaired) electrons. The van der Waals surface area contributed by atoms with E-state index in [-0.39, 0.29) is 25.4 Å². The molecule has 0 amide bonds. The Morgan fingerprint density at radius 1 is 0.974 bits per heavy atom. The van der Waals surface area contributed by atoms with Crippen LogP contribution in [0.3, 0.4) is 0 Å². The van der Waals surface area contributed by atoms with Crippen LogP contribution in [0.1, 0.15) is 47.9 Å². The van der Waals surface area contributed by atoms with Crippen LogP contribution in [0, 0.1) is 17.8 Å². The van der Waals surface area contributed by atoms with Gasteiger partial charge in [-0.1, -0.05) is 73.2 Å². The molecule has 38 heavy (non-hydrogen) atoms. The van der Waals surface area contributed by atoms with Crippen LogP contribution in [0.2, 0.25) is 0 Å². The fraction of sp³-hybridized carbons (Fsp3) is 0.250. The minimum absolute atomic E-state index is 0.101. The van der Waals surface area contributed by atoms with Crippen molar-refractivity contribution in [1.82, 2.24) is 10.2 Å². The lowest BCUT2D eigenvalue weighted by atomic mass is 9.73. The van der Waals surface area contributed by atoms with Crippen LogP contribution in [-0.4, -0.2) is 39.4 Å². The summed E-state index contributed by atoms with van der Waals surface area (Å²) < 4.78 is 14.5. The number of H-pyrrole nitrogens is 1. The lowest BCUT2D eigenvalue weighted by molar-refractivity contribution is -0.116. The molecule has 5 nitrogen and oxygen atoms in total. The van der Waals surface area contributed by atoms with Crippen molar-refractivity contribution in [2.45, 2.75) is 25.7 Å². The Balaban J connectivity index is 1.57. The molecule has 0 spiro atoms. The van der Waals surface area contributed by atoms with E-state index in [1.165, 1.54) is 18.1 Å². The SMILES string of the molecule is O=C(/C=C/c1ccc(/C(=C(\c2ccccc2)C2CCC2)c2ccc3n[nH]c(F)c3c2)cc1)CC(CO)CO. The average molecular weight is 511 g/mol. The first-order chi connectivity index (χ1) is 18.6. The van der Waals surface area contributed by atoms with Crippen LogP contribution < -0.4 is 0 Å². The highest BCUT2D eigenvalue weighted by Gasteiger charge is 2.27. The van der Waals surface area contributed by atoms with Crippen molar-refractivity contribution in [2.24, 2.45) is 11.8 Å². The quantitative estimate of drug-likeness (QED) is 0.180. The van der Waals surface area contributed by atoms with Crippen LogP contribution >= 0.6 is 0 Å². The molecule has 0 unspecified atom stereocenters. The number of fused-ring (bicyclic) bond motifs is 1. The molecule has 194 valence electrons. The number of nitrogens with zero attached hydrogens (tertiary/aromatic N) is 1. The van der Waals surface area contributed by atoms with Gasteiger partial charge in [0.15, 0.2) is 5.78 Å². The molecule has 0 aliphatic heterocycles. The normalized spacial score (nSPS) is 14.7. The third-order valence-electron chi connectivity index (χ3n) is 7.33. The van der Waals surface area contributed by atoms with Gasteiger partial charge in [0, 0.05) is 25.6 Å². The van der Waals surface area contributed by atoms with Crippen LogP contribution in [-0.2, 0) is 4.79 Å². The van der Waals surface area contributed by atoms with Crippen LogP contribution in [0.5, 0.6) is 0 Å². The summed E-state index contributed by atoms with van der Waals surface area (Å²) in [6, 6.07) is 24.1. The Bertz CT molecular complexity index is 1460. The second-order valence-electron chi connectivity index (χ2n) is 9.91. The lowest BCUT2D eigenvalue weighted by Crippen LogP contribution is -2.15. The largest absolute Gasteiger partial charge is 0.396 e. The third-order valence-corrected chi connectivity index (χ3v) is 7.33. The molecule has 1 aromatic heterocycles. The topological polar surface area (TPSA) is 86.2 Å². The minimum atomic E-state index is -0.444. The fourth-order valence-electron chi connectivity index (χ4n) is 5.00. The number of benzene rings is 3. The Hall–Kier alpha value is -3.87. The van der Waals surface area contributed by atoms with Gasteiger partial charge < -0.3 is 10.2 Å². The number of aromatic nitrogens is 2. The maximum atomic E-state index is 14.5. The Morgan fingerprint density at radius 2 is 1.68 bits per heavy atom. The maximum absolute atomic E-state index is 14.5. The molecule has 4 aromatic rings. The number of halogens is 1. The zero-order chi connectivity index (χ0) is 26.5. The number of aromatic amines is 1. The molecule has 1 fully saturated rings. The number of ketones is 1. The van der Waals surface area contributed by atoms with Crippen LogP contribution in [0.15, 0.2) is 78.9 Å². The number of hydrogen-bond donors (Lipinski definition) is 3. The summed E-state index contributed by atoms with van der Waals surface area (Å²) in [5.41, 5.74) is 6.90. The average Bonchev–Trinajstić information content (AvgIpc) is 3.30. The number of aliphatic hydroxyl groups is 2. The third kappa shape index (κ3) is 5.52. The maximum Gasteiger partial charge on any atom is 0.216 e. The minimum Gasteiger partial charge on any atom is -0.396 e. The predicted molar refractivity (Wildman–Crippen MR) is 149 cm³/mol. The zero-order valence-corrected chi connectivity index (χ0v) is 21.1. The van der Waals surface area contributed by atoms with Gasteiger partial charge in [0.25, 0.3) is 0 Å². The molecule has 0 saturated heterocycles. The number of nitrogens with one attached hydrogen (secondary N) is 1. The van der Waals surface area contributed by atoms with Crippen molar-refractivity contribution in [3.8, 4) is 0 Å². The molecule has 1 aliphatic carbocycles. The van der Waals surface area contributed by atoms with E-state index in [0.717, 1.165) is 40.7 Å². The van der Waals surface area contributed by atoms with Crippen molar-refractivity contribution in [3.05, 3.63) is 107 Å².